The largest absolute Gasteiger partial charge is 0.366 e. The van der Waals surface area contributed by atoms with Crippen LogP contribution in [0.1, 0.15) is 58.8 Å². The van der Waals surface area contributed by atoms with Gasteiger partial charge in [0.25, 0.3) is 0 Å². The summed E-state index contributed by atoms with van der Waals surface area (Å²) in [6.45, 7) is 3.95. The molecule has 1 amide bonds. The van der Waals surface area contributed by atoms with Gasteiger partial charge in [-0.05, 0) is 19.8 Å². The van der Waals surface area contributed by atoms with E-state index in [9.17, 15) is 4.79 Å². The summed E-state index contributed by atoms with van der Waals surface area (Å²) in [6.07, 6.45) is 30.8. The predicted octanol–water partition coefficient (Wildman–Crippen LogP) is 5.95. The standard InChI is InChI=1S/C22H33NO/c1-3-4-5-6-7-8-9-10-11-12-13-14-15-16-17-18-19-20-21(2)22(23)24/h10-20H,3-9H2,1-2H3,(H2,23,24). The molecule has 2 heteroatoms. The number of carbonyl (C=O) groups excluding carboxylic acids is 1. The van der Waals surface area contributed by atoms with E-state index in [0.29, 0.717) is 5.57 Å². The van der Waals surface area contributed by atoms with E-state index in [1.54, 1.807) is 19.1 Å². The number of nitrogens with two attached hydrogens (primary N) is 1. The lowest BCUT2D eigenvalue weighted by molar-refractivity contribution is -0.114. The van der Waals surface area contributed by atoms with Gasteiger partial charge in [-0.15, -0.1) is 0 Å². The van der Waals surface area contributed by atoms with Crippen LogP contribution in [0.15, 0.2) is 72.4 Å². The van der Waals surface area contributed by atoms with Crippen molar-refractivity contribution < 1.29 is 4.79 Å². The minimum atomic E-state index is -0.391. The first-order chi connectivity index (χ1) is 11.7. The third kappa shape index (κ3) is 16.3. The number of hydrogen-bond acceptors (Lipinski definition) is 1. The first-order valence-electron chi connectivity index (χ1n) is 8.98. The molecule has 0 aliphatic heterocycles. The van der Waals surface area contributed by atoms with Gasteiger partial charge in [0.1, 0.15) is 0 Å². The Labute approximate surface area is 148 Å². The van der Waals surface area contributed by atoms with Gasteiger partial charge in [-0.25, -0.2) is 0 Å². The normalized spacial score (nSPS) is 13.5. The van der Waals surface area contributed by atoms with Crippen LogP contribution in [0, 0.1) is 0 Å². The van der Waals surface area contributed by atoms with Gasteiger partial charge in [-0.2, -0.15) is 0 Å². The molecular weight excluding hydrogens is 294 g/mol. The fourth-order valence-corrected chi connectivity index (χ4v) is 1.95. The summed E-state index contributed by atoms with van der Waals surface area (Å²) in [7, 11) is 0. The van der Waals surface area contributed by atoms with E-state index >= 15 is 0 Å². The molecule has 0 aromatic carbocycles. The smallest absolute Gasteiger partial charge is 0.244 e. The van der Waals surface area contributed by atoms with Gasteiger partial charge < -0.3 is 5.73 Å². The highest BCUT2D eigenvalue weighted by Gasteiger charge is 1.91. The van der Waals surface area contributed by atoms with Crippen molar-refractivity contribution in [3.8, 4) is 0 Å². The average Bonchev–Trinajstić information content (AvgIpc) is 2.57. The number of amides is 1. The van der Waals surface area contributed by atoms with Crippen LogP contribution >= 0.6 is 0 Å². The third-order valence-electron chi connectivity index (χ3n) is 3.48. The molecular formula is C22H33NO. The second-order valence-electron chi connectivity index (χ2n) is 5.74. The van der Waals surface area contributed by atoms with Crippen LogP contribution in [0.2, 0.25) is 0 Å². The molecule has 132 valence electrons. The highest BCUT2D eigenvalue weighted by molar-refractivity contribution is 5.91. The summed E-state index contributed by atoms with van der Waals surface area (Å²) in [4.78, 5) is 10.8. The van der Waals surface area contributed by atoms with Gasteiger partial charge in [-0.3, -0.25) is 4.79 Å². The van der Waals surface area contributed by atoms with E-state index in [2.05, 4.69) is 25.2 Å². The van der Waals surface area contributed by atoms with Crippen LogP contribution in [-0.4, -0.2) is 5.91 Å². The lowest BCUT2D eigenvalue weighted by atomic mass is 10.1. The van der Waals surface area contributed by atoms with Crippen LogP contribution in [0.3, 0.4) is 0 Å². The Bertz CT molecular complexity index is 490. The van der Waals surface area contributed by atoms with Crippen molar-refractivity contribution in [3.63, 3.8) is 0 Å². The van der Waals surface area contributed by atoms with Crippen LogP contribution in [0.5, 0.6) is 0 Å². The van der Waals surface area contributed by atoms with Gasteiger partial charge in [0.2, 0.25) is 5.91 Å². The SMILES string of the molecule is CCCCCCCCC=CC=CC=CC=CC=CC=C(C)C(N)=O. The summed E-state index contributed by atoms with van der Waals surface area (Å²) in [5.41, 5.74) is 5.67. The van der Waals surface area contributed by atoms with E-state index in [1.165, 1.54) is 44.9 Å². The van der Waals surface area contributed by atoms with Crippen molar-refractivity contribution in [2.24, 2.45) is 5.73 Å². The summed E-state index contributed by atoms with van der Waals surface area (Å²) in [5, 5.41) is 0. The Morgan fingerprint density at radius 2 is 1.25 bits per heavy atom. The molecule has 0 spiro atoms. The maximum atomic E-state index is 10.8. The van der Waals surface area contributed by atoms with E-state index < -0.39 is 5.91 Å². The van der Waals surface area contributed by atoms with Crippen LogP contribution in [-0.2, 0) is 4.79 Å². The van der Waals surface area contributed by atoms with Gasteiger partial charge in [0, 0.05) is 5.57 Å². The van der Waals surface area contributed by atoms with Crippen molar-refractivity contribution in [3.05, 3.63) is 72.4 Å². The average molecular weight is 328 g/mol. The molecule has 0 heterocycles. The number of allylic oxidation sites excluding steroid dienone is 11. The van der Waals surface area contributed by atoms with Gasteiger partial charge >= 0.3 is 0 Å². The van der Waals surface area contributed by atoms with E-state index in [-0.39, 0.29) is 0 Å². The molecule has 0 unspecified atom stereocenters. The fourth-order valence-electron chi connectivity index (χ4n) is 1.95. The van der Waals surface area contributed by atoms with Crippen molar-refractivity contribution >= 4 is 5.91 Å². The minimum absolute atomic E-state index is 0.391. The Hall–Kier alpha value is -2.09. The predicted molar refractivity (Wildman–Crippen MR) is 107 cm³/mol. The van der Waals surface area contributed by atoms with Crippen molar-refractivity contribution in [2.45, 2.75) is 58.8 Å². The number of unbranched alkanes of at least 4 members (excludes halogenated alkanes) is 6. The molecule has 0 aromatic heterocycles. The molecule has 0 saturated carbocycles. The Morgan fingerprint density at radius 1 is 0.750 bits per heavy atom. The zero-order chi connectivity index (χ0) is 17.9. The zero-order valence-corrected chi connectivity index (χ0v) is 15.3. The molecule has 0 radical (unpaired) electrons. The quantitative estimate of drug-likeness (QED) is 0.253. The van der Waals surface area contributed by atoms with Crippen LogP contribution in [0.25, 0.3) is 0 Å². The van der Waals surface area contributed by atoms with Crippen LogP contribution < -0.4 is 5.73 Å². The fraction of sp³-hybridized carbons (Fsp3) is 0.409. The third-order valence-corrected chi connectivity index (χ3v) is 3.48. The lowest BCUT2D eigenvalue weighted by Crippen LogP contribution is -2.11. The van der Waals surface area contributed by atoms with E-state index in [0.717, 1.165) is 0 Å². The Morgan fingerprint density at radius 3 is 1.83 bits per heavy atom. The summed E-state index contributed by atoms with van der Waals surface area (Å²) in [6, 6.07) is 0. The van der Waals surface area contributed by atoms with E-state index in [1.807, 2.05) is 36.5 Å². The number of primary amides is 1. The Kier molecular flexibility index (Phi) is 15.8. The molecule has 2 nitrogen and oxygen atoms in total. The molecule has 0 atom stereocenters. The van der Waals surface area contributed by atoms with Crippen molar-refractivity contribution in [1.29, 1.82) is 0 Å². The highest BCUT2D eigenvalue weighted by atomic mass is 16.1. The van der Waals surface area contributed by atoms with Crippen molar-refractivity contribution in [2.75, 3.05) is 0 Å². The topological polar surface area (TPSA) is 43.1 Å². The summed E-state index contributed by atoms with van der Waals surface area (Å²) < 4.78 is 0. The number of carbonyl (C=O) groups is 1. The first-order valence-corrected chi connectivity index (χ1v) is 8.98. The second kappa shape index (κ2) is 17.3. The highest BCUT2D eigenvalue weighted by Crippen LogP contribution is 2.07. The van der Waals surface area contributed by atoms with E-state index in [4.69, 9.17) is 5.73 Å². The van der Waals surface area contributed by atoms with Gasteiger partial charge in [-0.1, -0.05) is 106 Å². The number of hydrogen-bond donors (Lipinski definition) is 1. The number of rotatable bonds is 13. The summed E-state index contributed by atoms with van der Waals surface area (Å²) >= 11 is 0. The molecule has 0 rings (SSSR count). The van der Waals surface area contributed by atoms with Crippen LogP contribution in [0.4, 0.5) is 0 Å². The monoisotopic (exact) mass is 327 g/mol. The maximum absolute atomic E-state index is 10.8. The molecule has 24 heavy (non-hydrogen) atoms. The molecule has 2 N–H and O–H groups in total. The molecule has 0 aromatic rings. The molecule has 0 bridgehead atoms. The minimum Gasteiger partial charge on any atom is -0.366 e. The maximum Gasteiger partial charge on any atom is 0.244 e. The van der Waals surface area contributed by atoms with Gasteiger partial charge in [0.05, 0.1) is 0 Å². The molecule has 0 saturated heterocycles. The molecule has 0 fully saturated rings. The molecule has 0 aliphatic carbocycles. The van der Waals surface area contributed by atoms with Crippen molar-refractivity contribution in [1.82, 2.24) is 0 Å². The zero-order valence-electron chi connectivity index (χ0n) is 15.3. The summed E-state index contributed by atoms with van der Waals surface area (Å²) in [5.74, 6) is -0.391. The first kappa shape index (κ1) is 21.9. The van der Waals surface area contributed by atoms with Gasteiger partial charge in [0.15, 0.2) is 0 Å². The lowest BCUT2D eigenvalue weighted by Gasteiger charge is -1.97. The molecule has 0 aliphatic rings. The second-order valence-corrected chi connectivity index (χ2v) is 5.74. The Balaban J connectivity index is 3.72.